The first-order chi connectivity index (χ1) is 11.9. The van der Waals surface area contributed by atoms with Gasteiger partial charge in [-0.25, -0.2) is 0 Å². The highest BCUT2D eigenvalue weighted by Crippen LogP contribution is 2.10. The molecule has 6 heteroatoms. The minimum absolute atomic E-state index is 0.0718. The number of hydrogen-bond acceptors (Lipinski definition) is 3. The molecule has 25 heavy (non-hydrogen) atoms. The quantitative estimate of drug-likeness (QED) is 0.450. The number of hydrogen-bond donors (Lipinski definition) is 1. The van der Waals surface area contributed by atoms with E-state index in [4.69, 9.17) is 4.74 Å². The monoisotopic (exact) mass is 361 g/mol. The van der Waals surface area contributed by atoms with Crippen LogP contribution in [-0.2, 0) is 16.1 Å². The number of alkyl halides is 3. The number of benzene rings is 1. The second-order valence-corrected chi connectivity index (χ2v) is 5.84. The lowest BCUT2D eigenvalue weighted by atomic mass is 10.1. The Morgan fingerprint density at radius 2 is 1.52 bits per heavy atom. The minimum atomic E-state index is -4.18. The summed E-state index contributed by atoms with van der Waals surface area (Å²) in [6.07, 6.45) is 4.96. The molecule has 0 unspecified atom stereocenters. The van der Waals surface area contributed by atoms with E-state index in [1.807, 2.05) is 30.3 Å². The van der Waals surface area contributed by atoms with Crippen molar-refractivity contribution in [2.45, 2.75) is 71.1 Å². The molecular formula is C19H30F3NO2. The number of nitrogens with two attached hydrogens (primary N) is 1. The second-order valence-electron chi connectivity index (χ2n) is 5.84. The van der Waals surface area contributed by atoms with Gasteiger partial charge >= 0.3 is 12.1 Å². The normalized spacial score (nSPS) is 10.8. The van der Waals surface area contributed by atoms with Crippen molar-refractivity contribution in [3.63, 3.8) is 0 Å². The van der Waals surface area contributed by atoms with Gasteiger partial charge in [0.15, 0.2) is 0 Å². The van der Waals surface area contributed by atoms with E-state index >= 15 is 0 Å². The molecule has 3 nitrogen and oxygen atoms in total. The van der Waals surface area contributed by atoms with E-state index in [9.17, 15) is 18.0 Å². The Hall–Kier alpha value is -1.56. The number of unbranched alkanes of at least 4 members (excludes halogenated alkanes) is 6. The first-order valence-electron chi connectivity index (χ1n) is 8.85. The third-order valence-corrected chi connectivity index (χ3v) is 3.46. The molecule has 0 spiro atoms. The van der Waals surface area contributed by atoms with E-state index in [0.29, 0.717) is 13.0 Å². The Bertz CT molecular complexity index is 436. The number of carbonyl (C=O) groups excluding carboxylic acids is 1. The summed E-state index contributed by atoms with van der Waals surface area (Å²) >= 11 is 0. The molecule has 0 aliphatic rings. The summed E-state index contributed by atoms with van der Waals surface area (Å²) in [5.41, 5.74) is 5.23. The Kier molecular flexibility index (Phi) is 13.8. The van der Waals surface area contributed by atoms with Gasteiger partial charge in [-0.1, -0.05) is 75.8 Å². The Morgan fingerprint density at radius 3 is 2.04 bits per heavy atom. The van der Waals surface area contributed by atoms with Crippen molar-refractivity contribution in [1.29, 1.82) is 0 Å². The molecule has 1 aromatic rings. The van der Waals surface area contributed by atoms with Crippen LogP contribution in [0.15, 0.2) is 30.3 Å². The highest BCUT2D eigenvalue weighted by Gasteiger charge is 2.23. The molecule has 144 valence electrons. The molecule has 0 aromatic heterocycles. The van der Waals surface area contributed by atoms with Gasteiger partial charge in [-0.15, -0.1) is 0 Å². The van der Waals surface area contributed by atoms with Crippen LogP contribution in [0.25, 0.3) is 0 Å². The maximum atomic E-state index is 11.5. The number of rotatable bonds is 10. The van der Waals surface area contributed by atoms with Crippen LogP contribution in [0.1, 0.15) is 63.9 Å². The predicted octanol–water partition coefficient (Wildman–Crippen LogP) is 5.38. The summed E-state index contributed by atoms with van der Waals surface area (Å²) in [7, 11) is 0. The van der Waals surface area contributed by atoms with Crippen molar-refractivity contribution in [3.8, 4) is 0 Å². The average molecular weight is 361 g/mol. The molecule has 2 N–H and O–H groups in total. The van der Waals surface area contributed by atoms with Crippen molar-refractivity contribution in [2.75, 3.05) is 6.54 Å². The van der Waals surface area contributed by atoms with Gasteiger partial charge in [0.05, 0.1) is 6.54 Å². The van der Waals surface area contributed by atoms with Gasteiger partial charge in [0, 0.05) is 6.42 Å². The number of halogens is 3. The fraction of sp³-hybridized carbons (Fsp3) is 0.632. The van der Waals surface area contributed by atoms with Crippen LogP contribution in [0.3, 0.4) is 0 Å². The number of esters is 1. The highest BCUT2D eigenvalue weighted by atomic mass is 19.4. The lowest BCUT2D eigenvalue weighted by Crippen LogP contribution is -2.21. The van der Waals surface area contributed by atoms with E-state index in [-0.39, 0.29) is 5.97 Å². The minimum Gasteiger partial charge on any atom is -0.461 e. The third-order valence-electron chi connectivity index (χ3n) is 3.46. The summed E-state index contributed by atoms with van der Waals surface area (Å²) in [5.74, 6) is -0.0718. The number of ether oxygens (including phenoxy) is 1. The van der Waals surface area contributed by atoms with Crippen molar-refractivity contribution in [3.05, 3.63) is 35.9 Å². The van der Waals surface area contributed by atoms with Crippen LogP contribution in [0.4, 0.5) is 13.2 Å². The molecule has 0 aliphatic heterocycles. The van der Waals surface area contributed by atoms with Crippen LogP contribution >= 0.6 is 0 Å². The fourth-order valence-corrected chi connectivity index (χ4v) is 2.04. The zero-order valence-corrected chi connectivity index (χ0v) is 15.0. The van der Waals surface area contributed by atoms with Crippen LogP contribution in [0, 0.1) is 0 Å². The smallest absolute Gasteiger partial charge is 0.400 e. The van der Waals surface area contributed by atoms with E-state index in [0.717, 1.165) is 18.4 Å². The maximum absolute atomic E-state index is 11.5. The lowest BCUT2D eigenvalue weighted by molar-refractivity contribution is -0.145. The Balaban J connectivity index is 0.000000823. The van der Waals surface area contributed by atoms with Gasteiger partial charge in [-0.2, -0.15) is 13.2 Å². The van der Waals surface area contributed by atoms with Gasteiger partial charge in [0.2, 0.25) is 0 Å². The van der Waals surface area contributed by atoms with Crippen LogP contribution in [0.2, 0.25) is 0 Å². The van der Waals surface area contributed by atoms with Crippen molar-refractivity contribution >= 4 is 5.97 Å². The van der Waals surface area contributed by atoms with E-state index in [1.54, 1.807) is 0 Å². The lowest BCUT2D eigenvalue weighted by Gasteiger charge is -2.05. The SMILES string of the molecule is CCCCCCCCCC(=O)OCc1ccccc1.NCC(F)(F)F. The van der Waals surface area contributed by atoms with Crippen LogP contribution in [-0.4, -0.2) is 18.7 Å². The average Bonchev–Trinajstić information content (AvgIpc) is 2.60. The molecule has 1 aromatic carbocycles. The molecule has 0 saturated carbocycles. The standard InChI is InChI=1S/C17H26O2.C2H4F3N/c1-2-3-4-5-6-7-11-14-17(18)19-15-16-12-9-8-10-13-16;3-2(4,5)1-6/h8-10,12-13H,2-7,11,14-15H2,1H3;1,6H2. The molecule has 0 saturated heterocycles. The van der Waals surface area contributed by atoms with E-state index in [1.165, 1.54) is 32.1 Å². The highest BCUT2D eigenvalue weighted by molar-refractivity contribution is 5.69. The zero-order valence-electron chi connectivity index (χ0n) is 15.0. The molecule has 0 heterocycles. The molecule has 1 rings (SSSR count). The molecular weight excluding hydrogens is 331 g/mol. The fourth-order valence-electron chi connectivity index (χ4n) is 2.04. The summed E-state index contributed by atoms with van der Waals surface area (Å²) in [6.45, 7) is 1.39. The van der Waals surface area contributed by atoms with E-state index in [2.05, 4.69) is 12.7 Å². The van der Waals surface area contributed by atoms with Crippen molar-refractivity contribution in [1.82, 2.24) is 0 Å². The zero-order chi connectivity index (χ0) is 19.0. The Morgan fingerprint density at radius 1 is 1.00 bits per heavy atom. The molecule has 0 fully saturated rings. The largest absolute Gasteiger partial charge is 0.461 e. The first kappa shape index (κ1) is 23.4. The Labute approximate surface area is 148 Å². The van der Waals surface area contributed by atoms with Gasteiger partial charge in [0.25, 0.3) is 0 Å². The molecule has 0 aliphatic carbocycles. The number of carbonyl (C=O) groups is 1. The van der Waals surface area contributed by atoms with Gasteiger partial charge < -0.3 is 10.5 Å². The third kappa shape index (κ3) is 17.1. The van der Waals surface area contributed by atoms with Crippen molar-refractivity contribution < 1.29 is 22.7 Å². The van der Waals surface area contributed by atoms with Gasteiger partial charge in [-0.05, 0) is 12.0 Å². The van der Waals surface area contributed by atoms with Crippen LogP contribution in [0.5, 0.6) is 0 Å². The molecule has 0 atom stereocenters. The summed E-state index contributed by atoms with van der Waals surface area (Å²) in [5, 5.41) is 0. The summed E-state index contributed by atoms with van der Waals surface area (Å²) in [6, 6.07) is 9.82. The van der Waals surface area contributed by atoms with Crippen LogP contribution < -0.4 is 5.73 Å². The topological polar surface area (TPSA) is 52.3 Å². The summed E-state index contributed by atoms with van der Waals surface area (Å²) in [4.78, 5) is 11.5. The molecule has 0 bridgehead atoms. The predicted molar refractivity (Wildman–Crippen MR) is 94.0 cm³/mol. The van der Waals surface area contributed by atoms with Gasteiger partial charge in [-0.3, -0.25) is 4.79 Å². The molecule has 0 amide bonds. The molecule has 0 radical (unpaired) electrons. The van der Waals surface area contributed by atoms with Gasteiger partial charge in [0.1, 0.15) is 6.61 Å². The summed E-state index contributed by atoms with van der Waals surface area (Å²) < 4.78 is 37.2. The first-order valence-corrected chi connectivity index (χ1v) is 8.85. The van der Waals surface area contributed by atoms with Crippen molar-refractivity contribution in [2.24, 2.45) is 5.73 Å². The maximum Gasteiger partial charge on any atom is 0.400 e. The second kappa shape index (κ2) is 14.8. The van der Waals surface area contributed by atoms with E-state index < -0.39 is 12.7 Å².